The minimum atomic E-state index is 0. The molecule has 1 heterocycles. The van der Waals surface area contributed by atoms with Gasteiger partial charge in [-0.1, -0.05) is 30.3 Å². The van der Waals surface area contributed by atoms with Crippen LogP contribution in [-0.2, 0) is 6.42 Å². The number of rotatable bonds is 5. The Kier molecular flexibility index (Phi) is 6.53. The van der Waals surface area contributed by atoms with E-state index in [1.54, 1.807) is 0 Å². The van der Waals surface area contributed by atoms with E-state index in [0.29, 0.717) is 5.41 Å². The van der Waals surface area contributed by atoms with E-state index in [2.05, 4.69) is 47.5 Å². The Morgan fingerprint density at radius 3 is 2.45 bits per heavy atom. The zero-order valence-electron chi connectivity index (χ0n) is 13.6. The Morgan fingerprint density at radius 2 is 1.86 bits per heavy atom. The molecule has 0 radical (unpaired) electrons. The van der Waals surface area contributed by atoms with Crippen LogP contribution in [0.4, 0.5) is 0 Å². The minimum absolute atomic E-state index is 0. The molecular weight excluding hydrogens is 385 g/mol. The summed E-state index contributed by atoms with van der Waals surface area (Å²) in [7, 11) is 0. The summed E-state index contributed by atoms with van der Waals surface area (Å²) < 4.78 is 0. The van der Waals surface area contributed by atoms with Crippen molar-refractivity contribution in [1.82, 2.24) is 10.2 Å². The second-order valence-corrected chi connectivity index (χ2v) is 6.53. The number of nitrogens with one attached hydrogen (secondary N) is 1. The van der Waals surface area contributed by atoms with Crippen LogP contribution in [0.15, 0.2) is 35.3 Å². The van der Waals surface area contributed by atoms with E-state index in [-0.39, 0.29) is 24.0 Å². The highest BCUT2D eigenvalue weighted by atomic mass is 127. The molecule has 4 heteroatoms. The van der Waals surface area contributed by atoms with Gasteiger partial charge in [-0.15, -0.1) is 24.0 Å². The average molecular weight is 413 g/mol. The molecule has 2 fully saturated rings. The van der Waals surface area contributed by atoms with Crippen molar-refractivity contribution in [2.24, 2.45) is 10.4 Å². The van der Waals surface area contributed by atoms with E-state index in [0.717, 1.165) is 32.1 Å². The summed E-state index contributed by atoms with van der Waals surface area (Å²) >= 11 is 0. The highest BCUT2D eigenvalue weighted by Gasteiger charge is 2.42. The van der Waals surface area contributed by atoms with Gasteiger partial charge in [0.1, 0.15) is 0 Å². The van der Waals surface area contributed by atoms with Crippen LogP contribution in [0, 0.1) is 5.41 Å². The molecule has 1 aliphatic carbocycles. The second kappa shape index (κ2) is 8.18. The molecule has 1 aromatic rings. The molecule has 3 nitrogen and oxygen atoms in total. The number of benzene rings is 1. The maximum atomic E-state index is 4.96. The van der Waals surface area contributed by atoms with Crippen LogP contribution in [0.5, 0.6) is 0 Å². The van der Waals surface area contributed by atoms with Gasteiger partial charge in [0.15, 0.2) is 5.96 Å². The number of hydrogen-bond acceptors (Lipinski definition) is 1. The average Bonchev–Trinajstić information content (AvgIpc) is 3.05. The predicted molar refractivity (Wildman–Crippen MR) is 104 cm³/mol. The second-order valence-electron chi connectivity index (χ2n) is 6.53. The largest absolute Gasteiger partial charge is 0.357 e. The third-order valence-electron chi connectivity index (χ3n) is 4.68. The number of nitrogens with zero attached hydrogens (tertiary/aromatic N) is 2. The first-order chi connectivity index (χ1) is 10.3. The molecule has 1 saturated heterocycles. The number of halogens is 1. The number of likely N-dealkylation sites (tertiary alicyclic amines) is 1. The van der Waals surface area contributed by atoms with Crippen molar-refractivity contribution in [3.63, 3.8) is 0 Å². The summed E-state index contributed by atoms with van der Waals surface area (Å²) in [5.74, 6) is 1.13. The molecule has 0 spiro atoms. The molecule has 0 atom stereocenters. The van der Waals surface area contributed by atoms with Crippen LogP contribution < -0.4 is 5.32 Å². The minimum Gasteiger partial charge on any atom is -0.357 e. The van der Waals surface area contributed by atoms with Crippen molar-refractivity contribution in [2.75, 3.05) is 26.2 Å². The maximum Gasteiger partial charge on any atom is 0.193 e. The highest BCUT2D eigenvalue weighted by molar-refractivity contribution is 14.0. The third-order valence-corrected chi connectivity index (χ3v) is 4.68. The monoisotopic (exact) mass is 413 g/mol. The van der Waals surface area contributed by atoms with Crippen molar-refractivity contribution < 1.29 is 0 Å². The van der Waals surface area contributed by atoms with E-state index < -0.39 is 0 Å². The summed E-state index contributed by atoms with van der Waals surface area (Å²) in [5, 5.41) is 3.46. The Bertz CT molecular complexity index is 476. The zero-order chi connectivity index (χ0) is 14.5. The van der Waals surface area contributed by atoms with Gasteiger partial charge in [0.2, 0.25) is 0 Å². The van der Waals surface area contributed by atoms with Gasteiger partial charge in [-0.05, 0) is 50.0 Å². The standard InChI is InChI=1S/C18H27N3.HI/c1-2-19-17(21-12-6-7-13-21)20-15-18(10-11-18)14-16-8-4-3-5-9-16;/h3-5,8-9H,2,6-7,10-15H2,1H3,(H,19,20);1H. The van der Waals surface area contributed by atoms with Gasteiger partial charge in [0, 0.05) is 26.2 Å². The Hall–Kier alpha value is -0.780. The van der Waals surface area contributed by atoms with Crippen molar-refractivity contribution in [2.45, 2.75) is 39.0 Å². The molecule has 0 unspecified atom stereocenters. The Morgan fingerprint density at radius 1 is 1.18 bits per heavy atom. The molecular formula is C18H28IN3. The first kappa shape index (κ1) is 17.6. The molecule has 3 rings (SSSR count). The quantitative estimate of drug-likeness (QED) is 0.453. The lowest BCUT2D eigenvalue weighted by Crippen LogP contribution is -2.40. The van der Waals surface area contributed by atoms with E-state index in [4.69, 9.17) is 4.99 Å². The fraction of sp³-hybridized carbons (Fsp3) is 0.611. The summed E-state index contributed by atoms with van der Waals surface area (Å²) in [4.78, 5) is 7.38. The molecule has 0 bridgehead atoms. The van der Waals surface area contributed by atoms with Gasteiger partial charge in [-0.2, -0.15) is 0 Å². The van der Waals surface area contributed by atoms with Gasteiger partial charge < -0.3 is 10.2 Å². The summed E-state index contributed by atoms with van der Waals surface area (Å²) in [6.45, 7) is 6.42. The van der Waals surface area contributed by atoms with Crippen LogP contribution in [-0.4, -0.2) is 37.0 Å². The van der Waals surface area contributed by atoms with Crippen LogP contribution in [0.2, 0.25) is 0 Å². The van der Waals surface area contributed by atoms with E-state index in [1.165, 1.54) is 37.7 Å². The van der Waals surface area contributed by atoms with Gasteiger partial charge in [0.25, 0.3) is 0 Å². The van der Waals surface area contributed by atoms with Gasteiger partial charge in [-0.25, -0.2) is 0 Å². The number of aliphatic imine (C=N–C) groups is 1. The van der Waals surface area contributed by atoms with Gasteiger partial charge in [0.05, 0.1) is 0 Å². The first-order valence-corrected chi connectivity index (χ1v) is 8.39. The first-order valence-electron chi connectivity index (χ1n) is 8.39. The maximum absolute atomic E-state index is 4.96. The molecule has 1 saturated carbocycles. The molecule has 2 aliphatic rings. The lowest BCUT2D eigenvalue weighted by atomic mass is 9.97. The molecule has 1 aromatic carbocycles. The van der Waals surface area contributed by atoms with E-state index in [1.807, 2.05) is 0 Å². The van der Waals surface area contributed by atoms with Crippen LogP contribution in [0.25, 0.3) is 0 Å². The molecule has 22 heavy (non-hydrogen) atoms. The summed E-state index contributed by atoms with van der Waals surface area (Å²) in [5.41, 5.74) is 1.89. The van der Waals surface area contributed by atoms with E-state index >= 15 is 0 Å². The zero-order valence-corrected chi connectivity index (χ0v) is 15.9. The Balaban J connectivity index is 0.00000176. The lowest BCUT2D eigenvalue weighted by molar-refractivity contribution is 0.475. The predicted octanol–water partition coefficient (Wildman–Crippen LogP) is 3.69. The van der Waals surface area contributed by atoms with Crippen molar-refractivity contribution in [3.05, 3.63) is 35.9 Å². The molecule has 0 aromatic heterocycles. The Labute approximate surface area is 151 Å². The molecule has 1 aliphatic heterocycles. The summed E-state index contributed by atoms with van der Waals surface area (Å²) in [6.07, 6.45) is 6.44. The van der Waals surface area contributed by atoms with Crippen molar-refractivity contribution >= 4 is 29.9 Å². The van der Waals surface area contributed by atoms with Crippen LogP contribution in [0.1, 0.15) is 38.2 Å². The number of guanidine groups is 1. The van der Waals surface area contributed by atoms with Crippen LogP contribution >= 0.6 is 24.0 Å². The number of hydrogen-bond donors (Lipinski definition) is 1. The topological polar surface area (TPSA) is 27.6 Å². The van der Waals surface area contributed by atoms with Crippen LogP contribution in [0.3, 0.4) is 0 Å². The molecule has 122 valence electrons. The lowest BCUT2D eigenvalue weighted by Gasteiger charge is -2.22. The van der Waals surface area contributed by atoms with E-state index in [9.17, 15) is 0 Å². The highest BCUT2D eigenvalue weighted by Crippen LogP contribution is 2.48. The fourth-order valence-corrected chi connectivity index (χ4v) is 3.19. The molecule has 0 amide bonds. The van der Waals surface area contributed by atoms with Gasteiger partial charge >= 0.3 is 0 Å². The molecule has 1 N–H and O–H groups in total. The van der Waals surface area contributed by atoms with Gasteiger partial charge in [-0.3, -0.25) is 4.99 Å². The smallest absolute Gasteiger partial charge is 0.193 e. The normalized spacial score (nSPS) is 19.7. The van der Waals surface area contributed by atoms with Crippen molar-refractivity contribution in [3.8, 4) is 0 Å². The fourth-order valence-electron chi connectivity index (χ4n) is 3.19. The SMILES string of the molecule is CCNC(=NCC1(Cc2ccccc2)CC1)N1CCCC1.I. The summed E-state index contributed by atoms with van der Waals surface area (Å²) in [6, 6.07) is 10.9. The van der Waals surface area contributed by atoms with Crippen molar-refractivity contribution in [1.29, 1.82) is 0 Å². The third kappa shape index (κ3) is 4.61.